The SMILES string of the molecule is CC(=O)NC(CCCCN1C(=O)C=CC1=O)C(=O)O. The molecule has 1 rings (SSSR count). The molecular formula is C12H16N2O5. The number of carboxylic acids is 1. The summed E-state index contributed by atoms with van der Waals surface area (Å²) in [6, 6.07) is -0.930. The first kappa shape index (κ1) is 14.9. The van der Waals surface area contributed by atoms with Gasteiger partial charge >= 0.3 is 5.97 Å². The zero-order valence-corrected chi connectivity index (χ0v) is 10.6. The van der Waals surface area contributed by atoms with Crippen LogP contribution in [-0.4, -0.2) is 46.3 Å². The number of rotatable bonds is 7. The van der Waals surface area contributed by atoms with Crippen LogP contribution in [0.15, 0.2) is 12.2 Å². The molecule has 19 heavy (non-hydrogen) atoms. The summed E-state index contributed by atoms with van der Waals surface area (Å²) in [6.07, 6.45) is 3.68. The second kappa shape index (κ2) is 6.67. The van der Waals surface area contributed by atoms with Crippen molar-refractivity contribution in [2.24, 2.45) is 0 Å². The van der Waals surface area contributed by atoms with Gasteiger partial charge in [0.05, 0.1) is 0 Å². The van der Waals surface area contributed by atoms with Crippen molar-refractivity contribution in [2.75, 3.05) is 6.54 Å². The smallest absolute Gasteiger partial charge is 0.326 e. The number of carbonyl (C=O) groups excluding carboxylic acids is 3. The fourth-order valence-electron chi connectivity index (χ4n) is 1.77. The summed E-state index contributed by atoms with van der Waals surface area (Å²) in [5.41, 5.74) is 0. The number of carboxylic acid groups (broad SMARTS) is 1. The summed E-state index contributed by atoms with van der Waals surface area (Å²) in [5.74, 6) is -2.19. The normalized spacial score (nSPS) is 15.7. The van der Waals surface area contributed by atoms with Gasteiger partial charge in [0.1, 0.15) is 6.04 Å². The van der Waals surface area contributed by atoms with Gasteiger partial charge in [0.15, 0.2) is 0 Å². The highest BCUT2D eigenvalue weighted by atomic mass is 16.4. The summed E-state index contributed by atoms with van der Waals surface area (Å²) in [7, 11) is 0. The van der Waals surface area contributed by atoms with Gasteiger partial charge in [-0.3, -0.25) is 19.3 Å². The van der Waals surface area contributed by atoms with Crippen LogP contribution in [-0.2, 0) is 19.2 Å². The number of imide groups is 1. The number of unbranched alkanes of at least 4 members (excludes halogenated alkanes) is 1. The summed E-state index contributed by atoms with van der Waals surface area (Å²) >= 11 is 0. The Hall–Kier alpha value is -2.18. The molecule has 1 heterocycles. The number of nitrogens with zero attached hydrogens (tertiary/aromatic N) is 1. The molecule has 104 valence electrons. The summed E-state index contributed by atoms with van der Waals surface area (Å²) in [4.78, 5) is 45.2. The van der Waals surface area contributed by atoms with Gasteiger partial charge < -0.3 is 10.4 Å². The Labute approximate surface area is 110 Å². The molecular weight excluding hydrogens is 252 g/mol. The van der Waals surface area contributed by atoms with Gasteiger partial charge in [0, 0.05) is 25.6 Å². The predicted molar refractivity (Wildman–Crippen MR) is 65.0 cm³/mol. The third-order valence-electron chi connectivity index (χ3n) is 2.70. The zero-order chi connectivity index (χ0) is 14.4. The number of nitrogens with one attached hydrogen (secondary N) is 1. The minimum Gasteiger partial charge on any atom is -0.480 e. The lowest BCUT2D eigenvalue weighted by Gasteiger charge is -2.15. The molecule has 0 aromatic rings. The third-order valence-corrected chi connectivity index (χ3v) is 2.70. The van der Waals surface area contributed by atoms with Gasteiger partial charge in [-0.15, -0.1) is 0 Å². The number of aliphatic carboxylic acids is 1. The Morgan fingerprint density at radius 2 is 1.84 bits per heavy atom. The van der Waals surface area contributed by atoms with E-state index < -0.39 is 17.9 Å². The lowest BCUT2D eigenvalue weighted by atomic mass is 10.1. The monoisotopic (exact) mass is 268 g/mol. The molecule has 7 heteroatoms. The van der Waals surface area contributed by atoms with Crippen molar-refractivity contribution in [1.29, 1.82) is 0 Å². The van der Waals surface area contributed by atoms with Crippen LogP contribution in [0.2, 0.25) is 0 Å². The summed E-state index contributed by atoms with van der Waals surface area (Å²) in [5, 5.41) is 11.2. The molecule has 1 atom stereocenters. The van der Waals surface area contributed by atoms with Crippen LogP contribution >= 0.6 is 0 Å². The Morgan fingerprint density at radius 1 is 1.26 bits per heavy atom. The van der Waals surface area contributed by atoms with Crippen LogP contribution in [0.3, 0.4) is 0 Å². The largest absolute Gasteiger partial charge is 0.480 e. The van der Waals surface area contributed by atoms with E-state index in [1.807, 2.05) is 0 Å². The maximum atomic E-state index is 11.2. The van der Waals surface area contributed by atoms with Crippen molar-refractivity contribution in [2.45, 2.75) is 32.2 Å². The molecule has 1 unspecified atom stereocenters. The van der Waals surface area contributed by atoms with Gasteiger partial charge in [-0.1, -0.05) is 0 Å². The van der Waals surface area contributed by atoms with Crippen LogP contribution in [0.25, 0.3) is 0 Å². The average Bonchev–Trinajstić information content (AvgIpc) is 2.63. The first-order valence-corrected chi connectivity index (χ1v) is 5.95. The van der Waals surface area contributed by atoms with E-state index in [1.54, 1.807) is 0 Å². The van der Waals surface area contributed by atoms with E-state index in [4.69, 9.17) is 5.11 Å². The molecule has 0 aromatic carbocycles. The first-order valence-electron chi connectivity index (χ1n) is 5.95. The van der Waals surface area contributed by atoms with Crippen LogP contribution in [0.5, 0.6) is 0 Å². The quantitative estimate of drug-likeness (QED) is 0.486. The Kier molecular flexibility index (Phi) is 5.23. The topological polar surface area (TPSA) is 104 Å². The molecule has 0 aliphatic carbocycles. The molecule has 0 fully saturated rings. The Bertz CT molecular complexity index is 412. The van der Waals surface area contributed by atoms with E-state index in [0.717, 1.165) is 4.90 Å². The van der Waals surface area contributed by atoms with Crippen molar-refractivity contribution in [3.8, 4) is 0 Å². The minimum atomic E-state index is -1.09. The molecule has 0 bridgehead atoms. The van der Waals surface area contributed by atoms with E-state index in [2.05, 4.69) is 5.32 Å². The predicted octanol–water partition coefficient (Wildman–Crippen LogP) is -0.329. The van der Waals surface area contributed by atoms with E-state index in [9.17, 15) is 19.2 Å². The highest BCUT2D eigenvalue weighted by Gasteiger charge is 2.23. The maximum Gasteiger partial charge on any atom is 0.326 e. The first-order chi connectivity index (χ1) is 8.91. The molecule has 1 aliphatic heterocycles. The molecule has 3 amide bonds. The van der Waals surface area contributed by atoms with Gasteiger partial charge in [0.2, 0.25) is 5.91 Å². The van der Waals surface area contributed by atoms with E-state index in [1.165, 1.54) is 19.1 Å². The van der Waals surface area contributed by atoms with E-state index in [0.29, 0.717) is 12.8 Å². The van der Waals surface area contributed by atoms with Crippen molar-refractivity contribution < 1.29 is 24.3 Å². The van der Waals surface area contributed by atoms with Gasteiger partial charge in [0.25, 0.3) is 11.8 Å². The van der Waals surface area contributed by atoms with Crippen LogP contribution in [0, 0.1) is 0 Å². The molecule has 0 saturated carbocycles. The van der Waals surface area contributed by atoms with Crippen LogP contribution in [0.1, 0.15) is 26.2 Å². The fraction of sp³-hybridized carbons (Fsp3) is 0.500. The Balaban J connectivity index is 2.29. The Morgan fingerprint density at radius 3 is 2.32 bits per heavy atom. The molecule has 2 N–H and O–H groups in total. The van der Waals surface area contributed by atoms with Crippen LogP contribution in [0.4, 0.5) is 0 Å². The second-order valence-corrected chi connectivity index (χ2v) is 4.25. The summed E-state index contributed by atoms with van der Waals surface area (Å²) in [6.45, 7) is 1.51. The zero-order valence-electron chi connectivity index (χ0n) is 10.6. The number of hydrogen-bond donors (Lipinski definition) is 2. The number of carbonyl (C=O) groups is 4. The molecule has 0 spiro atoms. The second-order valence-electron chi connectivity index (χ2n) is 4.25. The molecule has 1 aliphatic rings. The van der Waals surface area contributed by atoms with Gasteiger partial charge in [-0.05, 0) is 19.3 Å². The highest BCUT2D eigenvalue weighted by Crippen LogP contribution is 2.08. The average molecular weight is 268 g/mol. The van der Waals surface area contributed by atoms with Crippen LogP contribution < -0.4 is 5.32 Å². The van der Waals surface area contributed by atoms with Crippen molar-refractivity contribution >= 4 is 23.7 Å². The number of amides is 3. The third kappa shape index (κ3) is 4.53. The van der Waals surface area contributed by atoms with E-state index >= 15 is 0 Å². The molecule has 0 aromatic heterocycles. The lowest BCUT2D eigenvalue weighted by molar-refractivity contribution is -0.142. The highest BCUT2D eigenvalue weighted by molar-refractivity contribution is 6.12. The fourth-order valence-corrected chi connectivity index (χ4v) is 1.77. The van der Waals surface area contributed by atoms with Crippen molar-refractivity contribution in [3.63, 3.8) is 0 Å². The molecule has 0 saturated heterocycles. The van der Waals surface area contributed by atoms with E-state index in [-0.39, 0.29) is 24.8 Å². The maximum absolute atomic E-state index is 11.2. The molecule has 0 radical (unpaired) electrons. The molecule has 7 nitrogen and oxygen atoms in total. The van der Waals surface area contributed by atoms with Crippen molar-refractivity contribution in [3.05, 3.63) is 12.2 Å². The van der Waals surface area contributed by atoms with Gasteiger partial charge in [-0.2, -0.15) is 0 Å². The lowest BCUT2D eigenvalue weighted by Crippen LogP contribution is -2.39. The standard InChI is InChI=1S/C12H16N2O5/c1-8(15)13-9(12(18)19)4-2-3-7-14-10(16)5-6-11(14)17/h5-6,9H,2-4,7H2,1H3,(H,13,15)(H,18,19). The summed E-state index contributed by atoms with van der Waals surface area (Å²) < 4.78 is 0. The van der Waals surface area contributed by atoms with Gasteiger partial charge in [-0.25, -0.2) is 4.79 Å². The minimum absolute atomic E-state index is 0.261. The number of hydrogen-bond acceptors (Lipinski definition) is 4. The van der Waals surface area contributed by atoms with Crippen molar-refractivity contribution in [1.82, 2.24) is 10.2 Å².